The maximum Gasteiger partial charge on any atom is 0.191 e. The van der Waals surface area contributed by atoms with E-state index < -0.39 is 0 Å². The first-order valence-corrected chi connectivity index (χ1v) is 6.57. The van der Waals surface area contributed by atoms with Crippen molar-refractivity contribution >= 4 is 5.96 Å². The van der Waals surface area contributed by atoms with Gasteiger partial charge < -0.3 is 15.5 Å². The Hall–Kier alpha value is -1.03. The Kier molecular flexibility index (Phi) is 6.70. The minimum absolute atomic E-state index is 0.741. The molecule has 1 fully saturated rings. The van der Waals surface area contributed by atoms with E-state index in [4.69, 9.17) is 0 Å². The Morgan fingerprint density at radius 3 is 2.71 bits per heavy atom. The van der Waals surface area contributed by atoms with E-state index in [1.807, 2.05) is 6.08 Å². The highest BCUT2D eigenvalue weighted by Gasteiger charge is 2.16. The molecule has 0 radical (unpaired) electrons. The highest BCUT2D eigenvalue weighted by atomic mass is 15.2. The van der Waals surface area contributed by atoms with Gasteiger partial charge in [0.1, 0.15) is 0 Å². The van der Waals surface area contributed by atoms with Gasteiger partial charge in [0.2, 0.25) is 0 Å². The second-order valence-corrected chi connectivity index (χ2v) is 4.64. The van der Waals surface area contributed by atoms with E-state index in [-0.39, 0.29) is 0 Å². The molecule has 0 atom stereocenters. The standard InChI is InChI=1S/C13H26N4/c1-4-8-15-13(14-5-2)16-11-12-6-9-17(3)10-7-12/h4,12H,1,5-11H2,2-3H3,(H2,14,15,16). The predicted octanol–water partition coefficient (Wildman–Crippen LogP) is 1.07. The summed E-state index contributed by atoms with van der Waals surface area (Å²) in [4.78, 5) is 7.02. The molecule has 0 aromatic carbocycles. The molecule has 0 aromatic heterocycles. The molecule has 0 amide bonds. The van der Waals surface area contributed by atoms with Gasteiger partial charge in [0.15, 0.2) is 5.96 Å². The molecule has 4 heteroatoms. The Bertz CT molecular complexity index is 242. The zero-order chi connectivity index (χ0) is 12.5. The lowest BCUT2D eigenvalue weighted by atomic mass is 9.97. The molecule has 0 saturated carbocycles. The number of rotatable bonds is 5. The van der Waals surface area contributed by atoms with Crippen molar-refractivity contribution in [1.82, 2.24) is 15.5 Å². The highest BCUT2D eigenvalue weighted by Crippen LogP contribution is 2.15. The minimum Gasteiger partial charge on any atom is -0.357 e. The number of hydrogen-bond donors (Lipinski definition) is 2. The summed E-state index contributed by atoms with van der Waals surface area (Å²) in [5.41, 5.74) is 0. The smallest absolute Gasteiger partial charge is 0.191 e. The van der Waals surface area contributed by atoms with Crippen LogP contribution in [0.5, 0.6) is 0 Å². The Morgan fingerprint density at radius 1 is 1.41 bits per heavy atom. The Morgan fingerprint density at radius 2 is 2.12 bits per heavy atom. The van der Waals surface area contributed by atoms with Crippen molar-refractivity contribution < 1.29 is 0 Å². The van der Waals surface area contributed by atoms with Crippen LogP contribution in [0.4, 0.5) is 0 Å². The van der Waals surface area contributed by atoms with Crippen molar-refractivity contribution in [2.45, 2.75) is 19.8 Å². The Labute approximate surface area is 105 Å². The maximum atomic E-state index is 4.63. The molecule has 17 heavy (non-hydrogen) atoms. The molecule has 1 rings (SSSR count). The molecule has 0 unspecified atom stereocenters. The van der Waals surface area contributed by atoms with E-state index in [0.717, 1.165) is 31.5 Å². The van der Waals surface area contributed by atoms with Crippen LogP contribution in [-0.2, 0) is 0 Å². The summed E-state index contributed by atoms with van der Waals surface area (Å²) in [5.74, 6) is 1.65. The van der Waals surface area contributed by atoms with Crippen molar-refractivity contribution in [2.24, 2.45) is 10.9 Å². The van der Waals surface area contributed by atoms with Crippen LogP contribution in [0.2, 0.25) is 0 Å². The van der Waals surface area contributed by atoms with Crippen LogP contribution in [0.25, 0.3) is 0 Å². The second kappa shape index (κ2) is 8.12. The Balaban J connectivity index is 2.33. The van der Waals surface area contributed by atoms with Gasteiger partial charge >= 0.3 is 0 Å². The van der Waals surface area contributed by atoms with Crippen molar-refractivity contribution in [2.75, 3.05) is 39.8 Å². The van der Waals surface area contributed by atoms with E-state index in [9.17, 15) is 0 Å². The molecule has 4 nitrogen and oxygen atoms in total. The summed E-state index contributed by atoms with van der Waals surface area (Å²) in [5, 5.41) is 6.48. The van der Waals surface area contributed by atoms with Crippen LogP contribution < -0.4 is 10.6 Å². The molecular formula is C13H26N4. The maximum absolute atomic E-state index is 4.63. The first kappa shape index (κ1) is 14.0. The monoisotopic (exact) mass is 238 g/mol. The van der Waals surface area contributed by atoms with Crippen LogP contribution in [0.15, 0.2) is 17.6 Å². The number of nitrogens with zero attached hydrogens (tertiary/aromatic N) is 2. The highest BCUT2D eigenvalue weighted by molar-refractivity contribution is 5.79. The third-order valence-electron chi connectivity index (χ3n) is 3.10. The number of nitrogens with one attached hydrogen (secondary N) is 2. The van der Waals surface area contributed by atoms with Crippen LogP contribution >= 0.6 is 0 Å². The minimum atomic E-state index is 0.741. The van der Waals surface area contributed by atoms with Gasteiger partial charge in [-0.3, -0.25) is 4.99 Å². The van der Waals surface area contributed by atoms with Crippen molar-refractivity contribution in [1.29, 1.82) is 0 Å². The van der Waals surface area contributed by atoms with Gasteiger partial charge in [-0.05, 0) is 45.8 Å². The summed E-state index contributed by atoms with van der Waals surface area (Å²) in [7, 11) is 2.19. The van der Waals surface area contributed by atoms with Gasteiger partial charge in [0.25, 0.3) is 0 Å². The molecule has 0 bridgehead atoms. The average molecular weight is 238 g/mol. The summed E-state index contributed by atoms with van der Waals surface area (Å²) in [6, 6.07) is 0. The molecule has 0 spiro atoms. The van der Waals surface area contributed by atoms with Gasteiger partial charge in [-0.25, -0.2) is 0 Å². The second-order valence-electron chi connectivity index (χ2n) is 4.64. The summed E-state index contributed by atoms with van der Waals surface area (Å²) in [6.07, 6.45) is 4.38. The number of likely N-dealkylation sites (tertiary alicyclic amines) is 1. The molecule has 1 aliphatic heterocycles. The molecule has 2 N–H and O–H groups in total. The van der Waals surface area contributed by atoms with Crippen LogP contribution in [-0.4, -0.2) is 50.6 Å². The van der Waals surface area contributed by atoms with Crippen LogP contribution in [0, 0.1) is 5.92 Å². The number of aliphatic imine (C=N–C) groups is 1. The van der Waals surface area contributed by atoms with E-state index in [1.165, 1.54) is 25.9 Å². The van der Waals surface area contributed by atoms with Gasteiger partial charge in [-0.1, -0.05) is 6.08 Å². The molecule has 1 heterocycles. The molecule has 1 saturated heterocycles. The lowest BCUT2D eigenvalue weighted by Crippen LogP contribution is -2.38. The van der Waals surface area contributed by atoms with Gasteiger partial charge in [-0.2, -0.15) is 0 Å². The van der Waals surface area contributed by atoms with Crippen molar-refractivity contribution in [3.05, 3.63) is 12.7 Å². The van der Waals surface area contributed by atoms with Gasteiger partial charge in [-0.15, -0.1) is 6.58 Å². The van der Waals surface area contributed by atoms with E-state index in [2.05, 4.69) is 41.1 Å². The normalized spacial score (nSPS) is 19.1. The third-order valence-corrected chi connectivity index (χ3v) is 3.10. The summed E-state index contributed by atoms with van der Waals surface area (Å²) in [6.45, 7) is 10.8. The van der Waals surface area contributed by atoms with E-state index >= 15 is 0 Å². The fraction of sp³-hybridized carbons (Fsp3) is 0.769. The van der Waals surface area contributed by atoms with E-state index in [0.29, 0.717) is 0 Å². The average Bonchev–Trinajstić information content (AvgIpc) is 2.35. The van der Waals surface area contributed by atoms with E-state index in [1.54, 1.807) is 0 Å². The number of guanidine groups is 1. The van der Waals surface area contributed by atoms with Crippen molar-refractivity contribution in [3.63, 3.8) is 0 Å². The molecule has 0 aliphatic carbocycles. The molecule has 1 aliphatic rings. The number of piperidine rings is 1. The number of hydrogen-bond acceptors (Lipinski definition) is 2. The van der Waals surface area contributed by atoms with Gasteiger partial charge in [0, 0.05) is 19.6 Å². The fourth-order valence-electron chi connectivity index (χ4n) is 1.98. The lowest BCUT2D eigenvalue weighted by Gasteiger charge is -2.28. The first-order chi connectivity index (χ1) is 8.26. The summed E-state index contributed by atoms with van der Waals surface area (Å²) >= 11 is 0. The zero-order valence-electron chi connectivity index (χ0n) is 11.2. The topological polar surface area (TPSA) is 39.7 Å². The van der Waals surface area contributed by atoms with Crippen LogP contribution in [0.1, 0.15) is 19.8 Å². The first-order valence-electron chi connectivity index (χ1n) is 6.57. The molecule has 98 valence electrons. The largest absolute Gasteiger partial charge is 0.357 e. The quantitative estimate of drug-likeness (QED) is 0.427. The molecule has 0 aromatic rings. The van der Waals surface area contributed by atoms with Gasteiger partial charge in [0.05, 0.1) is 0 Å². The van der Waals surface area contributed by atoms with Crippen LogP contribution in [0.3, 0.4) is 0 Å². The summed E-state index contributed by atoms with van der Waals surface area (Å²) < 4.78 is 0. The molecular weight excluding hydrogens is 212 g/mol. The lowest BCUT2D eigenvalue weighted by molar-refractivity contribution is 0.223. The SMILES string of the molecule is C=CCNC(=NCC1CCN(C)CC1)NCC. The fourth-order valence-corrected chi connectivity index (χ4v) is 1.98. The zero-order valence-corrected chi connectivity index (χ0v) is 11.2. The third kappa shape index (κ3) is 5.73. The van der Waals surface area contributed by atoms with Crippen molar-refractivity contribution in [3.8, 4) is 0 Å². The predicted molar refractivity (Wildman–Crippen MR) is 74.4 cm³/mol.